The average Bonchev–Trinajstić information content (AvgIpc) is 2.64. The number of anilines is 1. The summed E-state index contributed by atoms with van der Waals surface area (Å²) in [5.41, 5.74) is 10.1. The number of benzene rings is 2. The number of hydrogen-bond acceptors (Lipinski definition) is 4. The normalized spacial score (nSPS) is 22.5. The topological polar surface area (TPSA) is 47.7 Å². The lowest BCUT2D eigenvalue weighted by molar-refractivity contribution is 0.126. The molecule has 2 aliphatic heterocycles. The van der Waals surface area contributed by atoms with Crippen LogP contribution in [0.2, 0.25) is 0 Å². The third-order valence-electron chi connectivity index (χ3n) is 5.71. The first-order valence-corrected chi connectivity index (χ1v) is 9.67. The fraction of sp³-hybridized carbons (Fsp3) is 0.350. The highest BCUT2D eigenvalue weighted by Crippen LogP contribution is 2.57. The monoisotopic (exact) mass is 432 g/mol. The highest BCUT2D eigenvalue weighted by Gasteiger charge is 2.50. The molecule has 2 aromatic carbocycles. The number of para-hydroxylation sites is 1. The fourth-order valence-corrected chi connectivity index (χ4v) is 5.13. The van der Waals surface area contributed by atoms with Crippen molar-refractivity contribution in [1.29, 1.82) is 0 Å². The summed E-state index contributed by atoms with van der Waals surface area (Å²) in [6.07, 6.45) is 0. The van der Waals surface area contributed by atoms with E-state index in [1.807, 2.05) is 18.2 Å². The van der Waals surface area contributed by atoms with Gasteiger partial charge in [0.1, 0.15) is 4.99 Å². The fourth-order valence-electron chi connectivity index (χ4n) is 4.19. The Labute approximate surface area is 167 Å². The molecule has 2 heterocycles. The molecule has 0 saturated carbocycles. The molecule has 0 amide bonds. The second-order valence-corrected chi connectivity index (χ2v) is 8.57. The summed E-state index contributed by atoms with van der Waals surface area (Å²) in [6.45, 7) is 5.15. The zero-order valence-corrected chi connectivity index (χ0v) is 17.4. The van der Waals surface area contributed by atoms with Gasteiger partial charge in [-0.2, -0.15) is 0 Å². The van der Waals surface area contributed by atoms with E-state index in [-0.39, 0.29) is 17.4 Å². The maximum Gasteiger partial charge on any atom is 0.166 e. The Balaban J connectivity index is 1.90. The zero-order chi connectivity index (χ0) is 18.6. The molecule has 136 valence electrons. The van der Waals surface area contributed by atoms with Gasteiger partial charge in [0.05, 0.1) is 41.6 Å². The molecule has 0 radical (unpaired) electrons. The summed E-state index contributed by atoms with van der Waals surface area (Å²) < 4.78 is 13.8. The second-order valence-electron chi connectivity index (χ2n) is 7.37. The van der Waals surface area contributed by atoms with Crippen molar-refractivity contribution >= 4 is 39.0 Å². The van der Waals surface area contributed by atoms with E-state index >= 15 is 0 Å². The van der Waals surface area contributed by atoms with Crippen molar-refractivity contribution in [3.8, 4) is 11.5 Å². The van der Waals surface area contributed by atoms with Gasteiger partial charge < -0.3 is 19.1 Å². The SMILES string of the molecule is COc1cccc2c1OCC1C2N(Br)c2ccc(C(N)=S)cc2C1(C)C. The molecule has 2 unspecified atom stereocenters. The van der Waals surface area contributed by atoms with Crippen molar-refractivity contribution < 1.29 is 9.47 Å². The van der Waals surface area contributed by atoms with Gasteiger partial charge in [0.25, 0.3) is 0 Å². The van der Waals surface area contributed by atoms with Crippen LogP contribution in [0.25, 0.3) is 0 Å². The van der Waals surface area contributed by atoms with Crippen LogP contribution in [-0.4, -0.2) is 18.7 Å². The van der Waals surface area contributed by atoms with Crippen molar-refractivity contribution in [2.45, 2.75) is 25.3 Å². The van der Waals surface area contributed by atoms with Gasteiger partial charge in [0, 0.05) is 22.5 Å². The minimum absolute atomic E-state index is 0.105. The van der Waals surface area contributed by atoms with Gasteiger partial charge in [-0.05, 0) is 29.8 Å². The number of fused-ring (bicyclic) bond motifs is 4. The van der Waals surface area contributed by atoms with Crippen molar-refractivity contribution in [2.75, 3.05) is 17.6 Å². The van der Waals surface area contributed by atoms with Crippen LogP contribution in [-0.2, 0) is 5.41 Å². The van der Waals surface area contributed by atoms with Gasteiger partial charge in [-0.15, -0.1) is 0 Å². The molecule has 0 aromatic heterocycles. The minimum atomic E-state index is -0.105. The van der Waals surface area contributed by atoms with E-state index < -0.39 is 0 Å². The predicted octanol–water partition coefficient (Wildman–Crippen LogP) is 4.49. The number of rotatable bonds is 2. The average molecular weight is 433 g/mol. The van der Waals surface area contributed by atoms with E-state index in [1.165, 1.54) is 5.56 Å². The van der Waals surface area contributed by atoms with Crippen molar-refractivity contribution in [2.24, 2.45) is 11.7 Å². The predicted molar refractivity (Wildman–Crippen MR) is 111 cm³/mol. The Morgan fingerprint density at radius 1 is 1.35 bits per heavy atom. The highest BCUT2D eigenvalue weighted by molar-refractivity contribution is 9.10. The number of nitrogens with zero attached hydrogens (tertiary/aromatic N) is 1. The second kappa shape index (κ2) is 6.13. The lowest BCUT2D eigenvalue weighted by Crippen LogP contribution is -2.48. The van der Waals surface area contributed by atoms with Crippen molar-refractivity contribution in [3.63, 3.8) is 0 Å². The Hall–Kier alpha value is -1.79. The Morgan fingerprint density at radius 2 is 2.12 bits per heavy atom. The van der Waals surface area contributed by atoms with E-state index in [4.69, 9.17) is 27.4 Å². The first-order valence-electron chi connectivity index (χ1n) is 8.55. The standard InChI is InChI=1S/C20H21BrN2O2S/c1-20(2)13-9-11(19(22)26)7-8-15(13)23(21)17-12-5-4-6-16(24-3)18(12)25-10-14(17)20/h4-9,14,17H,10H2,1-3H3,(H2,22,26). The van der Waals surface area contributed by atoms with Crippen LogP contribution in [0.4, 0.5) is 5.69 Å². The Kier molecular flexibility index (Phi) is 4.15. The molecule has 0 fully saturated rings. The van der Waals surface area contributed by atoms with Gasteiger partial charge >= 0.3 is 0 Å². The molecule has 26 heavy (non-hydrogen) atoms. The molecule has 2 aliphatic rings. The van der Waals surface area contributed by atoms with Crippen molar-refractivity contribution in [3.05, 3.63) is 53.1 Å². The molecule has 0 spiro atoms. The molecule has 0 aliphatic carbocycles. The molecule has 2 atom stereocenters. The number of halogens is 1. The molecule has 4 rings (SSSR count). The molecule has 6 heteroatoms. The molecule has 4 nitrogen and oxygen atoms in total. The molecule has 0 bridgehead atoms. The lowest BCUT2D eigenvalue weighted by atomic mass is 9.65. The Bertz CT molecular complexity index is 899. The quantitative estimate of drug-likeness (QED) is 0.559. The summed E-state index contributed by atoms with van der Waals surface area (Å²) in [5.74, 6) is 1.87. The van der Waals surface area contributed by atoms with E-state index in [9.17, 15) is 0 Å². The first kappa shape index (κ1) is 17.6. The molecule has 2 N–H and O–H groups in total. The van der Waals surface area contributed by atoms with Crippen LogP contribution in [0.5, 0.6) is 11.5 Å². The van der Waals surface area contributed by atoms with Gasteiger partial charge in [0.2, 0.25) is 0 Å². The summed E-state index contributed by atoms with van der Waals surface area (Å²) in [5, 5.41) is 0. The maximum atomic E-state index is 6.17. The van der Waals surface area contributed by atoms with Crippen LogP contribution in [0.15, 0.2) is 36.4 Å². The number of methoxy groups -OCH3 is 1. The highest BCUT2D eigenvalue weighted by atomic mass is 79.9. The van der Waals surface area contributed by atoms with Crippen LogP contribution in [0.3, 0.4) is 0 Å². The third kappa shape index (κ3) is 2.42. The largest absolute Gasteiger partial charge is 0.493 e. The van der Waals surface area contributed by atoms with Gasteiger partial charge in [-0.3, -0.25) is 0 Å². The van der Waals surface area contributed by atoms with Gasteiger partial charge in [-0.1, -0.05) is 38.2 Å². The van der Waals surface area contributed by atoms with Crippen molar-refractivity contribution in [1.82, 2.24) is 0 Å². The van der Waals surface area contributed by atoms with E-state index in [0.29, 0.717) is 11.6 Å². The number of thiocarbonyl (C=S) groups is 1. The van der Waals surface area contributed by atoms with Crippen LogP contribution in [0, 0.1) is 5.92 Å². The van der Waals surface area contributed by atoms with Crippen LogP contribution in [0.1, 0.15) is 36.6 Å². The molecular formula is C20H21BrN2O2S. The summed E-state index contributed by atoms with van der Waals surface area (Å²) in [7, 11) is 1.67. The van der Waals surface area contributed by atoms with Gasteiger partial charge in [-0.25, -0.2) is 0 Å². The zero-order valence-electron chi connectivity index (χ0n) is 15.0. The minimum Gasteiger partial charge on any atom is -0.493 e. The summed E-state index contributed by atoms with van der Waals surface area (Å²) >= 11 is 9.01. The van der Waals surface area contributed by atoms with E-state index in [2.05, 4.69) is 52.1 Å². The van der Waals surface area contributed by atoms with E-state index in [1.54, 1.807) is 7.11 Å². The number of nitrogens with two attached hydrogens (primary N) is 1. The molecule has 2 aromatic rings. The molecule has 0 saturated heterocycles. The van der Waals surface area contributed by atoms with E-state index in [0.717, 1.165) is 28.3 Å². The Morgan fingerprint density at radius 3 is 2.81 bits per heavy atom. The first-order chi connectivity index (χ1) is 12.4. The lowest BCUT2D eigenvalue weighted by Gasteiger charge is -2.51. The third-order valence-corrected chi connectivity index (χ3v) is 6.77. The molecular weight excluding hydrogens is 412 g/mol. The summed E-state index contributed by atoms with van der Waals surface area (Å²) in [6, 6.07) is 12.4. The maximum absolute atomic E-state index is 6.17. The number of ether oxygens (including phenoxy) is 2. The number of hydrogen-bond donors (Lipinski definition) is 1. The van der Waals surface area contributed by atoms with Crippen LogP contribution >= 0.6 is 28.4 Å². The van der Waals surface area contributed by atoms with Crippen LogP contribution < -0.4 is 19.1 Å². The smallest absolute Gasteiger partial charge is 0.166 e. The van der Waals surface area contributed by atoms with Gasteiger partial charge in [0.15, 0.2) is 11.5 Å². The summed E-state index contributed by atoms with van der Waals surface area (Å²) in [4.78, 5) is 0.418.